The van der Waals surface area contributed by atoms with E-state index in [0.717, 1.165) is 24.3 Å². The van der Waals surface area contributed by atoms with Crippen LogP contribution in [0.15, 0.2) is 18.2 Å². The fraction of sp³-hybridized carbons (Fsp3) is 0.588. The second kappa shape index (κ2) is 5.02. The molecule has 0 bridgehead atoms. The van der Waals surface area contributed by atoms with Crippen molar-refractivity contribution in [3.63, 3.8) is 0 Å². The van der Waals surface area contributed by atoms with Crippen molar-refractivity contribution in [3.8, 4) is 0 Å². The monoisotopic (exact) mass is 284 g/mol. The Morgan fingerprint density at radius 3 is 2.90 bits per heavy atom. The number of imidazole rings is 1. The zero-order valence-corrected chi connectivity index (χ0v) is 12.8. The van der Waals surface area contributed by atoms with Gasteiger partial charge in [-0.1, -0.05) is 6.92 Å². The van der Waals surface area contributed by atoms with Gasteiger partial charge in [0.2, 0.25) is 0 Å². The summed E-state index contributed by atoms with van der Waals surface area (Å²) in [5.74, 6) is 1.97. The highest BCUT2D eigenvalue weighted by molar-refractivity contribution is 5.80. The van der Waals surface area contributed by atoms with Gasteiger partial charge < -0.3 is 10.3 Å². The molecule has 1 aliphatic heterocycles. The third-order valence-electron chi connectivity index (χ3n) is 5.04. The lowest BCUT2D eigenvalue weighted by molar-refractivity contribution is 0.244. The van der Waals surface area contributed by atoms with E-state index in [4.69, 9.17) is 10.7 Å². The standard InChI is InChI=1S/C17H24N4/c1-2-20-9-3-4-14(20)11-21-16-8-7-13(18)10-15(16)19-17(21)12-5-6-12/h7-8,10,12,14H,2-6,9,11,18H2,1H3. The van der Waals surface area contributed by atoms with Gasteiger partial charge in [-0.2, -0.15) is 0 Å². The molecule has 2 fully saturated rings. The van der Waals surface area contributed by atoms with Crippen LogP contribution in [0.3, 0.4) is 0 Å². The Morgan fingerprint density at radius 1 is 1.29 bits per heavy atom. The molecule has 4 heteroatoms. The van der Waals surface area contributed by atoms with Crippen molar-refractivity contribution < 1.29 is 0 Å². The second-order valence-corrected chi connectivity index (χ2v) is 6.53. The van der Waals surface area contributed by atoms with Crippen molar-refractivity contribution in [1.29, 1.82) is 0 Å². The van der Waals surface area contributed by atoms with E-state index in [1.807, 2.05) is 12.1 Å². The maximum Gasteiger partial charge on any atom is 0.113 e. The van der Waals surface area contributed by atoms with Gasteiger partial charge in [0.05, 0.1) is 11.0 Å². The van der Waals surface area contributed by atoms with E-state index in [-0.39, 0.29) is 0 Å². The van der Waals surface area contributed by atoms with E-state index >= 15 is 0 Å². The van der Waals surface area contributed by atoms with E-state index < -0.39 is 0 Å². The number of rotatable bonds is 4. The molecule has 112 valence electrons. The van der Waals surface area contributed by atoms with Gasteiger partial charge >= 0.3 is 0 Å². The zero-order valence-electron chi connectivity index (χ0n) is 12.8. The summed E-state index contributed by atoms with van der Waals surface area (Å²) >= 11 is 0. The van der Waals surface area contributed by atoms with Crippen LogP contribution >= 0.6 is 0 Å². The maximum absolute atomic E-state index is 5.92. The first kappa shape index (κ1) is 13.1. The predicted octanol–water partition coefficient (Wildman–Crippen LogP) is 2.98. The summed E-state index contributed by atoms with van der Waals surface area (Å²) in [6.07, 6.45) is 5.23. The quantitative estimate of drug-likeness (QED) is 0.878. The minimum absolute atomic E-state index is 0.669. The van der Waals surface area contributed by atoms with Crippen molar-refractivity contribution in [2.24, 2.45) is 0 Å². The van der Waals surface area contributed by atoms with Crippen LogP contribution in [-0.2, 0) is 6.54 Å². The fourth-order valence-electron chi connectivity index (χ4n) is 3.74. The molecule has 2 N–H and O–H groups in total. The van der Waals surface area contributed by atoms with Gasteiger partial charge in [-0.25, -0.2) is 4.98 Å². The van der Waals surface area contributed by atoms with E-state index in [0.29, 0.717) is 12.0 Å². The second-order valence-electron chi connectivity index (χ2n) is 6.53. The lowest BCUT2D eigenvalue weighted by atomic mass is 10.2. The average molecular weight is 284 g/mol. The van der Waals surface area contributed by atoms with Crippen LogP contribution < -0.4 is 5.73 Å². The molecule has 1 aliphatic carbocycles. The minimum atomic E-state index is 0.669. The Morgan fingerprint density at radius 2 is 2.14 bits per heavy atom. The Labute approximate surface area is 125 Å². The molecular formula is C17H24N4. The third-order valence-corrected chi connectivity index (χ3v) is 5.04. The first-order valence-electron chi connectivity index (χ1n) is 8.26. The molecule has 1 aromatic heterocycles. The Kier molecular flexibility index (Phi) is 3.14. The van der Waals surface area contributed by atoms with Gasteiger partial charge in [0.25, 0.3) is 0 Å². The number of nitrogens with two attached hydrogens (primary N) is 1. The van der Waals surface area contributed by atoms with Crippen LogP contribution in [-0.4, -0.2) is 33.6 Å². The Balaban J connectivity index is 1.73. The number of fused-ring (bicyclic) bond motifs is 1. The van der Waals surface area contributed by atoms with Gasteiger partial charge in [0, 0.05) is 24.2 Å². The third kappa shape index (κ3) is 2.31. The molecule has 4 nitrogen and oxygen atoms in total. The van der Waals surface area contributed by atoms with Crippen LogP contribution in [0, 0.1) is 0 Å². The van der Waals surface area contributed by atoms with E-state index in [2.05, 4.69) is 22.5 Å². The van der Waals surface area contributed by atoms with Crippen molar-refractivity contribution in [3.05, 3.63) is 24.0 Å². The van der Waals surface area contributed by atoms with Crippen LogP contribution in [0.4, 0.5) is 5.69 Å². The molecule has 0 amide bonds. The summed E-state index contributed by atoms with van der Waals surface area (Å²) in [5, 5.41) is 0. The smallest absolute Gasteiger partial charge is 0.113 e. The molecule has 2 aliphatic rings. The maximum atomic E-state index is 5.92. The molecular weight excluding hydrogens is 260 g/mol. The molecule has 1 atom stereocenters. The number of likely N-dealkylation sites (tertiary alicyclic amines) is 1. The molecule has 21 heavy (non-hydrogen) atoms. The largest absolute Gasteiger partial charge is 0.399 e. The van der Waals surface area contributed by atoms with Crippen LogP contribution in [0.2, 0.25) is 0 Å². The van der Waals surface area contributed by atoms with Gasteiger partial charge in [0.1, 0.15) is 5.82 Å². The van der Waals surface area contributed by atoms with Crippen molar-refractivity contribution in [2.45, 2.75) is 51.1 Å². The summed E-state index contributed by atoms with van der Waals surface area (Å²) in [7, 11) is 0. The Bertz CT molecular complexity index is 656. The van der Waals surface area contributed by atoms with E-state index in [1.165, 1.54) is 43.6 Å². The van der Waals surface area contributed by atoms with Gasteiger partial charge in [-0.05, 0) is 57.0 Å². The van der Waals surface area contributed by atoms with E-state index in [1.54, 1.807) is 0 Å². The SMILES string of the molecule is CCN1CCCC1Cn1c(C2CC2)nc2cc(N)ccc21. The highest BCUT2D eigenvalue weighted by Gasteiger charge is 2.31. The number of benzene rings is 1. The molecule has 2 heterocycles. The molecule has 1 saturated heterocycles. The fourth-order valence-corrected chi connectivity index (χ4v) is 3.74. The summed E-state index contributed by atoms with van der Waals surface area (Å²) < 4.78 is 2.48. The number of nitrogens with zero attached hydrogens (tertiary/aromatic N) is 3. The summed E-state index contributed by atoms with van der Waals surface area (Å²) in [6.45, 7) is 5.76. The van der Waals surface area contributed by atoms with Crippen LogP contribution in [0.25, 0.3) is 11.0 Å². The number of hydrogen-bond acceptors (Lipinski definition) is 3. The first-order valence-corrected chi connectivity index (χ1v) is 8.26. The topological polar surface area (TPSA) is 47.1 Å². The average Bonchev–Trinajstić information content (AvgIpc) is 3.13. The number of hydrogen-bond donors (Lipinski definition) is 1. The van der Waals surface area contributed by atoms with E-state index in [9.17, 15) is 0 Å². The number of likely N-dealkylation sites (N-methyl/N-ethyl adjacent to an activating group) is 1. The predicted molar refractivity (Wildman–Crippen MR) is 86.4 cm³/mol. The number of nitrogen functional groups attached to an aromatic ring is 1. The van der Waals surface area contributed by atoms with Gasteiger partial charge in [-0.3, -0.25) is 4.90 Å². The molecule has 0 spiro atoms. The summed E-state index contributed by atoms with van der Waals surface area (Å²) in [4.78, 5) is 7.50. The highest BCUT2D eigenvalue weighted by atomic mass is 15.2. The van der Waals surface area contributed by atoms with Gasteiger partial charge in [0.15, 0.2) is 0 Å². The van der Waals surface area contributed by atoms with Crippen molar-refractivity contribution in [1.82, 2.24) is 14.5 Å². The minimum Gasteiger partial charge on any atom is -0.399 e. The number of anilines is 1. The zero-order chi connectivity index (χ0) is 14.4. The van der Waals surface area contributed by atoms with Crippen molar-refractivity contribution in [2.75, 3.05) is 18.8 Å². The van der Waals surface area contributed by atoms with Crippen molar-refractivity contribution >= 4 is 16.7 Å². The first-order chi connectivity index (χ1) is 10.3. The molecule has 2 aromatic rings. The summed E-state index contributed by atoms with van der Waals surface area (Å²) in [6, 6.07) is 6.84. The molecule has 1 aromatic carbocycles. The Hall–Kier alpha value is -1.55. The lowest BCUT2D eigenvalue weighted by Crippen LogP contribution is -2.33. The van der Waals surface area contributed by atoms with Crippen LogP contribution in [0.1, 0.15) is 44.3 Å². The van der Waals surface area contributed by atoms with Gasteiger partial charge in [-0.15, -0.1) is 0 Å². The normalized spacial score (nSPS) is 23.2. The molecule has 1 unspecified atom stereocenters. The molecule has 0 radical (unpaired) electrons. The van der Waals surface area contributed by atoms with Crippen LogP contribution in [0.5, 0.6) is 0 Å². The molecule has 1 saturated carbocycles. The molecule has 4 rings (SSSR count). The lowest BCUT2D eigenvalue weighted by Gasteiger charge is -2.24. The highest BCUT2D eigenvalue weighted by Crippen LogP contribution is 2.41. The summed E-state index contributed by atoms with van der Waals surface area (Å²) in [5.41, 5.74) is 9.06. The number of aromatic nitrogens is 2.